The van der Waals surface area contributed by atoms with Crippen molar-refractivity contribution in [2.45, 2.75) is 0 Å². The Morgan fingerprint density at radius 2 is 0.566 bits per heavy atom. The van der Waals surface area contributed by atoms with Crippen LogP contribution in [0.2, 0.25) is 0 Å². The number of rotatable bonds is 9. The predicted octanol–water partition coefficient (Wildman–Crippen LogP) is 18.8. The predicted molar refractivity (Wildman–Crippen MR) is 316 cm³/mol. The maximum absolute atomic E-state index is 11.7. The molecule has 0 fully saturated rings. The molecule has 0 radical (unpaired) electrons. The van der Waals surface area contributed by atoms with Gasteiger partial charge in [0.2, 0.25) is 0 Å². The number of pyridine rings is 1. The summed E-state index contributed by atoms with van der Waals surface area (Å²) >= 11 is 0. The molecule has 0 saturated heterocycles. The molecule has 4 nitrogen and oxygen atoms in total. The second-order valence-electron chi connectivity index (χ2n) is 19.4. The zero-order chi connectivity index (χ0) is 50.5. The van der Waals surface area contributed by atoms with Crippen molar-refractivity contribution < 1.29 is 0 Å². The monoisotopic (exact) mass is 966 g/mol. The topological polar surface area (TPSA) is 46.5 Å². The van der Waals surface area contributed by atoms with Crippen LogP contribution in [0.1, 0.15) is 5.56 Å². The Kier molecular flexibility index (Phi) is 10.9. The normalized spacial score (nSPS) is 11.4. The molecule has 14 rings (SSSR count). The third-order valence-corrected chi connectivity index (χ3v) is 15.0. The Bertz CT molecular complexity index is 4280. The maximum Gasteiger partial charge on any atom is 0.101 e. The summed E-state index contributed by atoms with van der Waals surface area (Å²) in [6.45, 7) is 0. The van der Waals surface area contributed by atoms with Gasteiger partial charge in [-0.05, 0) is 123 Å². The zero-order valence-corrected chi connectivity index (χ0v) is 41.3. The highest BCUT2D eigenvalue weighted by molar-refractivity contribution is 6.14. The van der Waals surface area contributed by atoms with Crippen molar-refractivity contribution in [3.8, 4) is 95.6 Å². The lowest BCUT2D eigenvalue weighted by molar-refractivity contribution is 1.13. The number of aromatic nitrogens is 3. The van der Waals surface area contributed by atoms with E-state index < -0.39 is 0 Å². The van der Waals surface area contributed by atoms with E-state index in [4.69, 9.17) is 4.98 Å². The van der Waals surface area contributed by atoms with Crippen molar-refractivity contribution >= 4 is 43.6 Å². The van der Waals surface area contributed by atoms with Crippen molar-refractivity contribution in [3.05, 3.63) is 285 Å². The quantitative estimate of drug-likeness (QED) is 0.145. The van der Waals surface area contributed by atoms with Crippen LogP contribution in [0.4, 0.5) is 0 Å². The summed E-state index contributed by atoms with van der Waals surface area (Å²) in [5.41, 5.74) is 21.1. The molecule has 0 unspecified atom stereocenters. The summed E-state index contributed by atoms with van der Waals surface area (Å²) in [6.07, 6.45) is 0. The van der Waals surface area contributed by atoms with E-state index in [1.807, 2.05) is 12.1 Å². The van der Waals surface area contributed by atoms with Gasteiger partial charge in [-0.2, -0.15) is 5.26 Å². The molecule has 76 heavy (non-hydrogen) atoms. The highest BCUT2D eigenvalue weighted by Crippen LogP contribution is 2.45. The standard InChI is InChI=1S/C72H46N4/c73-47-59-45-72(76-69-37-33-56(50-23-11-3-12-24-50)41-63(69)64-42-57(34-38-70(64)76)51-25-13-4-14-26-51)60(58-43-65(52-27-15-5-16-28-52)74-66(44-58)53-29-17-6-18-30-53)46-71(59)75-67-35-31-54(48-19-7-1-8-20-48)39-61(67)62-40-55(32-36-68(62)75)49-21-9-2-10-22-49/h1-46H. The molecule has 354 valence electrons. The van der Waals surface area contributed by atoms with Crippen LogP contribution in [0.3, 0.4) is 0 Å². The first-order valence-corrected chi connectivity index (χ1v) is 25.7. The van der Waals surface area contributed by atoms with Gasteiger partial charge >= 0.3 is 0 Å². The zero-order valence-electron chi connectivity index (χ0n) is 41.3. The maximum atomic E-state index is 11.7. The van der Waals surface area contributed by atoms with Gasteiger partial charge in [-0.3, -0.25) is 0 Å². The summed E-state index contributed by atoms with van der Waals surface area (Å²) < 4.78 is 4.69. The number of hydrogen-bond acceptors (Lipinski definition) is 2. The highest BCUT2D eigenvalue weighted by atomic mass is 15.0. The minimum atomic E-state index is 0.550. The molecular weight excluding hydrogens is 921 g/mol. The molecule has 0 amide bonds. The Hall–Kier alpha value is -10.3. The Morgan fingerprint density at radius 3 is 0.882 bits per heavy atom. The number of fused-ring (bicyclic) bond motifs is 6. The van der Waals surface area contributed by atoms with Gasteiger partial charge in [-0.15, -0.1) is 0 Å². The average molecular weight is 967 g/mol. The molecule has 0 N–H and O–H groups in total. The van der Waals surface area contributed by atoms with Crippen molar-refractivity contribution in [2.75, 3.05) is 0 Å². The number of nitrogens with zero attached hydrogens (tertiary/aromatic N) is 4. The van der Waals surface area contributed by atoms with E-state index in [1.54, 1.807) is 0 Å². The molecule has 3 heterocycles. The first-order valence-electron chi connectivity index (χ1n) is 25.7. The van der Waals surface area contributed by atoms with Gasteiger partial charge in [0, 0.05) is 38.2 Å². The second-order valence-corrected chi connectivity index (χ2v) is 19.4. The molecule has 3 aromatic heterocycles. The van der Waals surface area contributed by atoms with E-state index in [0.717, 1.165) is 133 Å². The molecule has 14 aromatic rings. The fourth-order valence-electron chi connectivity index (χ4n) is 11.3. The van der Waals surface area contributed by atoms with Crippen molar-refractivity contribution in [2.24, 2.45) is 0 Å². The third kappa shape index (κ3) is 7.74. The van der Waals surface area contributed by atoms with Gasteiger partial charge in [0.1, 0.15) is 6.07 Å². The van der Waals surface area contributed by atoms with E-state index in [-0.39, 0.29) is 0 Å². The summed E-state index contributed by atoms with van der Waals surface area (Å²) in [4.78, 5) is 5.36. The SMILES string of the molecule is N#Cc1cc(-n2c3ccc(-c4ccccc4)cc3c3cc(-c4ccccc4)ccc32)c(-c2cc(-c3ccccc3)nc(-c3ccccc3)c2)cc1-n1c2ccc(-c3ccccc3)cc2c2cc(-c3ccccc3)ccc21. The van der Waals surface area contributed by atoms with E-state index in [1.165, 1.54) is 0 Å². The lowest BCUT2D eigenvalue weighted by Crippen LogP contribution is -2.04. The molecule has 4 heteroatoms. The van der Waals surface area contributed by atoms with Crippen LogP contribution >= 0.6 is 0 Å². The molecule has 11 aromatic carbocycles. The van der Waals surface area contributed by atoms with Gasteiger partial charge in [0.15, 0.2) is 0 Å². The molecule has 0 spiro atoms. The van der Waals surface area contributed by atoms with E-state index >= 15 is 0 Å². The van der Waals surface area contributed by atoms with Gasteiger partial charge in [0.05, 0.1) is 50.4 Å². The number of nitriles is 1. The molecule has 0 aliphatic rings. The lowest BCUT2D eigenvalue weighted by Gasteiger charge is -2.20. The van der Waals surface area contributed by atoms with Gasteiger partial charge in [-0.25, -0.2) is 4.98 Å². The average Bonchev–Trinajstić information content (AvgIpc) is 4.13. The highest BCUT2D eigenvalue weighted by Gasteiger charge is 2.24. The summed E-state index contributed by atoms with van der Waals surface area (Å²) in [7, 11) is 0. The van der Waals surface area contributed by atoms with Gasteiger partial charge < -0.3 is 9.13 Å². The van der Waals surface area contributed by atoms with Crippen LogP contribution in [-0.2, 0) is 0 Å². The van der Waals surface area contributed by atoms with Crippen LogP contribution < -0.4 is 0 Å². The summed E-state index contributed by atoms with van der Waals surface area (Å²) in [5.74, 6) is 0. The third-order valence-electron chi connectivity index (χ3n) is 15.0. The molecular formula is C72H46N4. The largest absolute Gasteiger partial charge is 0.309 e. The fourth-order valence-corrected chi connectivity index (χ4v) is 11.3. The van der Waals surface area contributed by atoms with E-state index in [0.29, 0.717) is 5.56 Å². The fraction of sp³-hybridized carbons (Fsp3) is 0. The Morgan fingerprint density at radius 1 is 0.263 bits per heavy atom. The lowest BCUT2D eigenvalue weighted by atomic mass is 9.96. The second kappa shape index (κ2) is 18.6. The molecule has 0 aliphatic carbocycles. The van der Waals surface area contributed by atoms with Crippen molar-refractivity contribution in [1.29, 1.82) is 5.26 Å². The van der Waals surface area contributed by atoms with E-state index in [2.05, 4.69) is 282 Å². The van der Waals surface area contributed by atoms with Gasteiger partial charge in [0.25, 0.3) is 0 Å². The molecule has 0 bridgehead atoms. The molecule has 0 aliphatic heterocycles. The first-order chi connectivity index (χ1) is 37.6. The van der Waals surface area contributed by atoms with Crippen LogP contribution in [0.15, 0.2) is 279 Å². The van der Waals surface area contributed by atoms with Crippen LogP contribution in [0, 0.1) is 11.3 Å². The van der Waals surface area contributed by atoms with Crippen LogP contribution in [-0.4, -0.2) is 14.1 Å². The summed E-state index contributed by atoms with van der Waals surface area (Å²) in [5, 5.41) is 16.1. The van der Waals surface area contributed by atoms with Crippen molar-refractivity contribution in [1.82, 2.24) is 14.1 Å². The first kappa shape index (κ1) is 44.4. The smallest absolute Gasteiger partial charge is 0.101 e. The van der Waals surface area contributed by atoms with Crippen molar-refractivity contribution in [3.63, 3.8) is 0 Å². The Balaban J connectivity index is 1.10. The van der Waals surface area contributed by atoms with Crippen LogP contribution in [0.25, 0.3) is 133 Å². The summed E-state index contributed by atoms with van der Waals surface area (Å²) in [6, 6.07) is 102. The van der Waals surface area contributed by atoms with Crippen LogP contribution in [0.5, 0.6) is 0 Å². The number of hydrogen-bond donors (Lipinski definition) is 0. The molecule has 0 atom stereocenters. The minimum Gasteiger partial charge on any atom is -0.309 e. The van der Waals surface area contributed by atoms with E-state index in [9.17, 15) is 5.26 Å². The van der Waals surface area contributed by atoms with Gasteiger partial charge in [-0.1, -0.05) is 206 Å². The number of benzene rings is 11. The minimum absolute atomic E-state index is 0.550. The Labute approximate surface area is 440 Å². The molecule has 0 saturated carbocycles.